The van der Waals surface area contributed by atoms with Crippen LogP contribution in [0.2, 0.25) is 0 Å². The lowest BCUT2D eigenvalue weighted by molar-refractivity contribution is 0.0572. The maximum absolute atomic E-state index is 13.4. The standard InChI is InChI=1S/C23H22BrN3O3/c1-2-30-23(29)27-13-11-26(12-14-27)22(28)19-15-21(16-7-9-17(24)10-8-16)25-20-6-4-3-5-18(19)20/h3-10,15H,2,11-14H2,1H3. The summed E-state index contributed by atoms with van der Waals surface area (Å²) >= 11 is 3.45. The maximum Gasteiger partial charge on any atom is 0.409 e. The molecule has 0 saturated carbocycles. The van der Waals surface area contributed by atoms with Crippen molar-refractivity contribution in [2.45, 2.75) is 6.92 Å². The number of hydrogen-bond acceptors (Lipinski definition) is 4. The summed E-state index contributed by atoms with van der Waals surface area (Å²) in [4.78, 5) is 33.5. The van der Waals surface area contributed by atoms with Gasteiger partial charge in [-0.25, -0.2) is 9.78 Å². The summed E-state index contributed by atoms with van der Waals surface area (Å²) in [5, 5.41) is 0.830. The second-order valence-electron chi connectivity index (χ2n) is 7.06. The minimum absolute atomic E-state index is 0.0459. The summed E-state index contributed by atoms with van der Waals surface area (Å²) in [6, 6.07) is 17.4. The summed E-state index contributed by atoms with van der Waals surface area (Å²) in [5.41, 5.74) is 3.12. The molecule has 0 aliphatic carbocycles. The molecule has 0 bridgehead atoms. The summed E-state index contributed by atoms with van der Waals surface area (Å²) < 4.78 is 6.05. The van der Waals surface area contributed by atoms with Crippen molar-refractivity contribution in [3.63, 3.8) is 0 Å². The number of piperazine rings is 1. The lowest BCUT2D eigenvalue weighted by atomic mass is 10.0. The molecule has 4 rings (SSSR count). The van der Waals surface area contributed by atoms with E-state index in [-0.39, 0.29) is 12.0 Å². The molecule has 1 saturated heterocycles. The third kappa shape index (κ3) is 4.16. The van der Waals surface area contributed by atoms with Gasteiger partial charge in [0.2, 0.25) is 0 Å². The van der Waals surface area contributed by atoms with E-state index in [0.717, 1.165) is 26.6 Å². The Bertz CT molecular complexity index is 1080. The monoisotopic (exact) mass is 467 g/mol. The lowest BCUT2D eigenvalue weighted by Crippen LogP contribution is -2.50. The van der Waals surface area contributed by atoms with Gasteiger partial charge >= 0.3 is 6.09 Å². The molecule has 7 heteroatoms. The van der Waals surface area contributed by atoms with Crippen molar-refractivity contribution >= 4 is 38.8 Å². The third-order valence-electron chi connectivity index (χ3n) is 5.18. The smallest absolute Gasteiger partial charge is 0.409 e. The number of halogens is 1. The van der Waals surface area contributed by atoms with Gasteiger partial charge in [0.25, 0.3) is 5.91 Å². The number of benzene rings is 2. The highest BCUT2D eigenvalue weighted by Gasteiger charge is 2.27. The van der Waals surface area contributed by atoms with E-state index in [1.807, 2.05) is 54.6 Å². The molecule has 2 heterocycles. The summed E-state index contributed by atoms with van der Waals surface area (Å²) in [7, 11) is 0. The number of aromatic nitrogens is 1. The van der Waals surface area contributed by atoms with Gasteiger partial charge in [-0.15, -0.1) is 0 Å². The Labute approximate surface area is 183 Å². The average Bonchev–Trinajstić information content (AvgIpc) is 2.78. The van der Waals surface area contributed by atoms with Crippen LogP contribution >= 0.6 is 15.9 Å². The first kappa shape index (κ1) is 20.3. The molecule has 2 aromatic carbocycles. The first-order chi connectivity index (χ1) is 14.6. The molecule has 2 amide bonds. The van der Waals surface area contributed by atoms with E-state index in [4.69, 9.17) is 9.72 Å². The van der Waals surface area contributed by atoms with Crippen molar-refractivity contribution in [2.75, 3.05) is 32.8 Å². The molecular formula is C23H22BrN3O3. The third-order valence-corrected chi connectivity index (χ3v) is 5.71. The predicted molar refractivity (Wildman–Crippen MR) is 119 cm³/mol. The first-order valence-electron chi connectivity index (χ1n) is 9.93. The van der Waals surface area contributed by atoms with Crippen molar-refractivity contribution in [3.05, 3.63) is 64.6 Å². The van der Waals surface area contributed by atoms with Gasteiger partial charge in [0.05, 0.1) is 23.4 Å². The van der Waals surface area contributed by atoms with E-state index in [2.05, 4.69) is 15.9 Å². The Morgan fingerprint density at radius 1 is 1.00 bits per heavy atom. The van der Waals surface area contributed by atoms with Crippen LogP contribution in [0.25, 0.3) is 22.2 Å². The minimum Gasteiger partial charge on any atom is -0.450 e. The van der Waals surface area contributed by atoms with Gasteiger partial charge < -0.3 is 14.5 Å². The first-order valence-corrected chi connectivity index (χ1v) is 10.7. The van der Waals surface area contributed by atoms with Crippen LogP contribution in [-0.4, -0.2) is 59.6 Å². The van der Waals surface area contributed by atoms with Crippen LogP contribution < -0.4 is 0 Å². The van der Waals surface area contributed by atoms with Crippen molar-refractivity contribution in [2.24, 2.45) is 0 Å². The topological polar surface area (TPSA) is 62.7 Å². The van der Waals surface area contributed by atoms with Crippen LogP contribution in [0, 0.1) is 0 Å². The van der Waals surface area contributed by atoms with E-state index in [1.165, 1.54) is 0 Å². The van der Waals surface area contributed by atoms with E-state index in [1.54, 1.807) is 16.7 Å². The molecule has 0 atom stereocenters. The number of hydrogen-bond donors (Lipinski definition) is 0. The van der Waals surface area contributed by atoms with Crippen molar-refractivity contribution in [3.8, 4) is 11.3 Å². The number of rotatable bonds is 3. The number of para-hydroxylation sites is 1. The highest BCUT2D eigenvalue weighted by Crippen LogP contribution is 2.27. The maximum atomic E-state index is 13.4. The second-order valence-corrected chi connectivity index (χ2v) is 7.97. The van der Waals surface area contributed by atoms with Gasteiger partial charge in [-0.1, -0.05) is 46.3 Å². The molecule has 0 radical (unpaired) electrons. The van der Waals surface area contributed by atoms with Crippen LogP contribution in [-0.2, 0) is 4.74 Å². The Balaban J connectivity index is 1.64. The number of nitrogens with zero attached hydrogens (tertiary/aromatic N) is 3. The molecule has 1 fully saturated rings. The van der Waals surface area contributed by atoms with Crippen LogP contribution in [0.4, 0.5) is 4.79 Å². The summed E-state index contributed by atoms with van der Waals surface area (Å²) in [6.45, 7) is 4.01. The number of carbonyl (C=O) groups excluding carboxylic acids is 2. The molecular weight excluding hydrogens is 446 g/mol. The molecule has 6 nitrogen and oxygen atoms in total. The van der Waals surface area contributed by atoms with Gasteiger partial charge in [0.1, 0.15) is 0 Å². The Morgan fingerprint density at radius 3 is 2.37 bits per heavy atom. The van der Waals surface area contributed by atoms with Gasteiger partial charge in [-0.05, 0) is 31.2 Å². The second kappa shape index (κ2) is 8.83. The summed E-state index contributed by atoms with van der Waals surface area (Å²) in [6.07, 6.45) is -0.323. The Kier molecular flexibility index (Phi) is 5.99. The highest BCUT2D eigenvalue weighted by molar-refractivity contribution is 9.10. The SMILES string of the molecule is CCOC(=O)N1CCN(C(=O)c2cc(-c3ccc(Br)cc3)nc3ccccc23)CC1. The quantitative estimate of drug-likeness (QED) is 0.565. The fraction of sp³-hybridized carbons (Fsp3) is 0.261. The highest BCUT2D eigenvalue weighted by atomic mass is 79.9. The molecule has 0 unspecified atom stereocenters. The Morgan fingerprint density at radius 2 is 1.67 bits per heavy atom. The molecule has 1 aromatic heterocycles. The van der Waals surface area contributed by atoms with E-state index in [0.29, 0.717) is 38.3 Å². The largest absolute Gasteiger partial charge is 0.450 e. The van der Waals surface area contributed by atoms with E-state index < -0.39 is 0 Å². The zero-order valence-electron chi connectivity index (χ0n) is 16.7. The zero-order chi connectivity index (χ0) is 21.1. The van der Waals surface area contributed by atoms with Crippen molar-refractivity contribution < 1.29 is 14.3 Å². The van der Waals surface area contributed by atoms with Gasteiger partial charge in [-0.3, -0.25) is 4.79 Å². The molecule has 3 aromatic rings. The van der Waals surface area contributed by atoms with Crippen LogP contribution in [0.1, 0.15) is 17.3 Å². The lowest BCUT2D eigenvalue weighted by Gasteiger charge is -2.34. The number of carbonyl (C=O) groups is 2. The number of ether oxygens (including phenoxy) is 1. The van der Waals surface area contributed by atoms with Crippen LogP contribution in [0.5, 0.6) is 0 Å². The molecule has 1 aliphatic heterocycles. The number of pyridine rings is 1. The van der Waals surface area contributed by atoms with Gasteiger partial charge in [0, 0.05) is 41.6 Å². The number of fused-ring (bicyclic) bond motifs is 1. The minimum atomic E-state index is -0.323. The predicted octanol–water partition coefficient (Wildman–Crippen LogP) is 4.58. The zero-order valence-corrected chi connectivity index (χ0v) is 18.3. The fourth-order valence-electron chi connectivity index (χ4n) is 3.60. The average molecular weight is 468 g/mol. The van der Waals surface area contributed by atoms with E-state index in [9.17, 15) is 9.59 Å². The molecule has 154 valence electrons. The Hall–Kier alpha value is -2.93. The molecule has 30 heavy (non-hydrogen) atoms. The normalized spacial score (nSPS) is 14.1. The molecule has 1 aliphatic rings. The fourth-order valence-corrected chi connectivity index (χ4v) is 3.86. The number of amides is 2. The van der Waals surface area contributed by atoms with E-state index >= 15 is 0 Å². The van der Waals surface area contributed by atoms with Crippen LogP contribution in [0.3, 0.4) is 0 Å². The molecule has 0 N–H and O–H groups in total. The van der Waals surface area contributed by atoms with Gasteiger partial charge in [-0.2, -0.15) is 0 Å². The van der Waals surface area contributed by atoms with Crippen molar-refractivity contribution in [1.82, 2.24) is 14.8 Å². The summed E-state index contributed by atoms with van der Waals surface area (Å²) in [5.74, 6) is -0.0459. The molecule has 0 spiro atoms. The van der Waals surface area contributed by atoms with Gasteiger partial charge in [0.15, 0.2) is 0 Å². The van der Waals surface area contributed by atoms with Crippen molar-refractivity contribution in [1.29, 1.82) is 0 Å². The van der Waals surface area contributed by atoms with Crippen LogP contribution in [0.15, 0.2) is 59.1 Å².